The summed E-state index contributed by atoms with van der Waals surface area (Å²) in [7, 11) is 0. The van der Waals surface area contributed by atoms with E-state index in [1.165, 1.54) is 23.5 Å². The quantitative estimate of drug-likeness (QED) is 0.899. The summed E-state index contributed by atoms with van der Waals surface area (Å²) in [5, 5.41) is 2.66. The molecule has 2 N–H and O–H groups in total. The third-order valence-electron chi connectivity index (χ3n) is 3.80. The van der Waals surface area contributed by atoms with E-state index in [4.69, 9.17) is 22.1 Å². The molecule has 24 heavy (non-hydrogen) atoms. The van der Waals surface area contributed by atoms with Crippen LogP contribution in [0.2, 0.25) is 5.02 Å². The van der Waals surface area contributed by atoms with Gasteiger partial charge in [0.1, 0.15) is 17.6 Å². The third-order valence-corrected chi connectivity index (χ3v) is 5.00. The lowest BCUT2D eigenvalue weighted by Crippen LogP contribution is -2.42. The molecule has 0 saturated carbocycles. The van der Waals surface area contributed by atoms with Gasteiger partial charge in [-0.2, -0.15) is 0 Å². The lowest BCUT2D eigenvalue weighted by molar-refractivity contribution is -0.0230. The molecule has 5 nitrogen and oxygen atoms in total. The van der Waals surface area contributed by atoms with Gasteiger partial charge >= 0.3 is 0 Å². The summed E-state index contributed by atoms with van der Waals surface area (Å²) in [5.74, 6) is -0.602. The van der Waals surface area contributed by atoms with Crippen LogP contribution in [-0.2, 0) is 11.2 Å². The molecule has 3 rings (SSSR count). The van der Waals surface area contributed by atoms with Crippen molar-refractivity contribution in [1.29, 1.82) is 0 Å². The largest absolute Gasteiger partial charge is 0.370 e. The van der Waals surface area contributed by atoms with Gasteiger partial charge in [-0.05, 0) is 24.2 Å². The Morgan fingerprint density at radius 1 is 1.54 bits per heavy atom. The zero-order chi connectivity index (χ0) is 17.1. The second kappa shape index (κ2) is 7.57. The van der Waals surface area contributed by atoms with Gasteiger partial charge in [0, 0.05) is 18.3 Å². The van der Waals surface area contributed by atoms with Gasteiger partial charge in [-0.15, -0.1) is 11.3 Å². The number of halogens is 2. The Balaban J connectivity index is 1.72. The average molecular weight is 370 g/mol. The highest BCUT2D eigenvalue weighted by molar-refractivity contribution is 7.09. The highest BCUT2D eigenvalue weighted by Crippen LogP contribution is 2.27. The first-order valence-electron chi connectivity index (χ1n) is 7.59. The molecule has 1 fully saturated rings. The van der Waals surface area contributed by atoms with Gasteiger partial charge in [-0.25, -0.2) is 9.37 Å². The Morgan fingerprint density at radius 2 is 2.38 bits per heavy atom. The van der Waals surface area contributed by atoms with Crippen molar-refractivity contribution >= 4 is 28.8 Å². The van der Waals surface area contributed by atoms with Crippen molar-refractivity contribution in [2.24, 2.45) is 5.73 Å². The number of aromatic nitrogens is 1. The van der Waals surface area contributed by atoms with Gasteiger partial charge in [0.25, 0.3) is 5.91 Å². The average Bonchev–Trinajstić information content (AvgIpc) is 3.06. The zero-order valence-corrected chi connectivity index (χ0v) is 14.4. The monoisotopic (exact) mass is 369 g/mol. The van der Waals surface area contributed by atoms with Gasteiger partial charge in [0.2, 0.25) is 0 Å². The Labute approximate surface area is 148 Å². The van der Waals surface area contributed by atoms with Gasteiger partial charge in [-0.3, -0.25) is 4.79 Å². The Bertz CT molecular complexity index is 740. The summed E-state index contributed by atoms with van der Waals surface area (Å²) in [4.78, 5) is 18.6. The molecule has 0 bridgehead atoms. The summed E-state index contributed by atoms with van der Waals surface area (Å²) in [6, 6.07) is 4.47. The number of thiazole rings is 1. The molecule has 1 aliphatic heterocycles. The van der Waals surface area contributed by atoms with Crippen molar-refractivity contribution in [3.63, 3.8) is 0 Å². The number of hydrogen-bond donors (Lipinski definition) is 1. The van der Waals surface area contributed by atoms with Crippen LogP contribution in [0.15, 0.2) is 23.6 Å². The van der Waals surface area contributed by atoms with E-state index in [-0.39, 0.29) is 17.0 Å². The number of amides is 1. The molecule has 2 aromatic rings. The van der Waals surface area contributed by atoms with Crippen molar-refractivity contribution in [1.82, 2.24) is 9.88 Å². The number of nitrogens with two attached hydrogens (primary N) is 1. The van der Waals surface area contributed by atoms with E-state index in [9.17, 15) is 9.18 Å². The summed E-state index contributed by atoms with van der Waals surface area (Å²) >= 11 is 7.27. The number of hydrogen-bond acceptors (Lipinski definition) is 5. The molecular formula is C16H17ClFN3O2S. The van der Waals surface area contributed by atoms with Gasteiger partial charge in [0.15, 0.2) is 0 Å². The predicted molar refractivity (Wildman–Crippen MR) is 90.9 cm³/mol. The highest BCUT2D eigenvalue weighted by atomic mass is 35.5. The van der Waals surface area contributed by atoms with Crippen molar-refractivity contribution in [2.75, 3.05) is 26.2 Å². The number of benzene rings is 1. The van der Waals surface area contributed by atoms with Crippen LogP contribution < -0.4 is 5.73 Å². The molecule has 8 heteroatoms. The maximum Gasteiger partial charge on any atom is 0.273 e. The van der Waals surface area contributed by atoms with Gasteiger partial charge < -0.3 is 15.4 Å². The Morgan fingerprint density at radius 3 is 3.12 bits per heavy atom. The Kier molecular flexibility index (Phi) is 5.45. The molecule has 0 spiro atoms. The van der Waals surface area contributed by atoms with Crippen LogP contribution in [0.4, 0.5) is 4.39 Å². The predicted octanol–water partition coefficient (Wildman–Crippen LogP) is 2.65. The van der Waals surface area contributed by atoms with E-state index in [1.54, 1.807) is 16.3 Å². The topological polar surface area (TPSA) is 68.5 Å². The Hall–Kier alpha value is -1.54. The summed E-state index contributed by atoms with van der Waals surface area (Å²) in [6.45, 7) is 1.79. The SMILES string of the molecule is NCCc1nc(C(=O)N2CCOC(c3ccc(F)c(Cl)c3)C2)cs1. The zero-order valence-electron chi connectivity index (χ0n) is 12.9. The maximum atomic E-state index is 13.3. The number of rotatable bonds is 4. The van der Waals surface area contributed by atoms with E-state index in [0.717, 1.165) is 10.6 Å². The van der Waals surface area contributed by atoms with Crippen molar-refractivity contribution in [3.8, 4) is 0 Å². The molecule has 2 heterocycles. The molecule has 0 aliphatic carbocycles. The normalized spacial score (nSPS) is 18.0. The standard InChI is InChI=1S/C16H17ClFN3O2S/c17-11-7-10(1-2-12(11)18)14-8-21(5-6-23-14)16(22)13-9-24-15(20-13)3-4-19/h1-2,7,9,14H,3-6,8,19H2. The van der Waals surface area contributed by atoms with Gasteiger partial charge in [0.05, 0.1) is 23.2 Å². The fourth-order valence-electron chi connectivity index (χ4n) is 2.56. The smallest absolute Gasteiger partial charge is 0.273 e. The lowest BCUT2D eigenvalue weighted by Gasteiger charge is -2.32. The fraction of sp³-hybridized carbons (Fsp3) is 0.375. The van der Waals surface area contributed by atoms with Crippen LogP contribution in [0.25, 0.3) is 0 Å². The molecule has 1 unspecified atom stereocenters. The number of carbonyl (C=O) groups excluding carboxylic acids is 1. The number of morpholine rings is 1. The fourth-order valence-corrected chi connectivity index (χ4v) is 3.53. The van der Waals surface area contributed by atoms with Crippen LogP contribution in [0.3, 0.4) is 0 Å². The second-order valence-electron chi connectivity index (χ2n) is 5.45. The minimum atomic E-state index is -0.473. The van der Waals surface area contributed by atoms with Crippen LogP contribution in [-0.4, -0.2) is 42.0 Å². The molecule has 1 aromatic carbocycles. The van der Waals surface area contributed by atoms with Crippen LogP contribution in [0, 0.1) is 5.82 Å². The molecule has 0 radical (unpaired) electrons. The summed E-state index contributed by atoms with van der Waals surface area (Å²) in [6.07, 6.45) is 0.334. The second-order valence-corrected chi connectivity index (χ2v) is 6.80. The van der Waals surface area contributed by atoms with Crippen molar-refractivity contribution in [2.45, 2.75) is 12.5 Å². The van der Waals surface area contributed by atoms with Crippen LogP contribution in [0.5, 0.6) is 0 Å². The number of carbonyl (C=O) groups is 1. The van der Waals surface area contributed by atoms with E-state index >= 15 is 0 Å². The molecule has 1 atom stereocenters. The minimum Gasteiger partial charge on any atom is -0.370 e. The number of ether oxygens (including phenoxy) is 1. The van der Waals surface area contributed by atoms with E-state index in [1.807, 2.05) is 0 Å². The van der Waals surface area contributed by atoms with Crippen molar-refractivity contribution in [3.05, 3.63) is 50.7 Å². The van der Waals surface area contributed by atoms with E-state index in [2.05, 4.69) is 4.98 Å². The van der Waals surface area contributed by atoms with Crippen LogP contribution >= 0.6 is 22.9 Å². The highest BCUT2D eigenvalue weighted by Gasteiger charge is 2.27. The van der Waals surface area contributed by atoms with E-state index < -0.39 is 5.82 Å². The molecule has 1 aromatic heterocycles. The summed E-state index contributed by atoms with van der Waals surface area (Å²) in [5.41, 5.74) is 6.69. The van der Waals surface area contributed by atoms with Gasteiger partial charge in [-0.1, -0.05) is 17.7 Å². The summed E-state index contributed by atoms with van der Waals surface area (Å²) < 4.78 is 19.0. The third kappa shape index (κ3) is 3.75. The molecule has 1 amide bonds. The first kappa shape index (κ1) is 17.3. The first-order valence-corrected chi connectivity index (χ1v) is 8.84. The van der Waals surface area contributed by atoms with Crippen LogP contribution in [0.1, 0.15) is 27.2 Å². The van der Waals surface area contributed by atoms with Crippen molar-refractivity contribution < 1.29 is 13.9 Å². The number of nitrogens with zero attached hydrogens (tertiary/aromatic N) is 2. The minimum absolute atomic E-state index is 0.0467. The molecular weight excluding hydrogens is 353 g/mol. The first-order chi connectivity index (χ1) is 11.6. The lowest BCUT2D eigenvalue weighted by atomic mass is 10.1. The maximum absolute atomic E-state index is 13.3. The molecule has 1 aliphatic rings. The molecule has 128 valence electrons. The van der Waals surface area contributed by atoms with E-state index in [0.29, 0.717) is 38.4 Å². The molecule has 1 saturated heterocycles.